The molecule has 4 rings (SSSR count). The third kappa shape index (κ3) is 3.76. The Hall–Kier alpha value is -2.31. The summed E-state index contributed by atoms with van der Waals surface area (Å²) in [6.45, 7) is 1.59. The Bertz CT molecular complexity index is 853. The van der Waals surface area contributed by atoms with Gasteiger partial charge in [0.15, 0.2) is 10.9 Å². The Morgan fingerprint density at radius 3 is 2.88 bits per heavy atom. The second-order valence-electron chi connectivity index (χ2n) is 6.33. The lowest BCUT2D eigenvalue weighted by Crippen LogP contribution is -2.17. The van der Waals surface area contributed by atoms with Gasteiger partial charge >= 0.3 is 0 Å². The summed E-state index contributed by atoms with van der Waals surface area (Å²) in [5, 5.41) is 0.860. The van der Waals surface area contributed by atoms with Crippen LogP contribution in [0.15, 0.2) is 60.0 Å². The van der Waals surface area contributed by atoms with Gasteiger partial charge in [0.1, 0.15) is 0 Å². The van der Waals surface area contributed by atoms with Gasteiger partial charge in [-0.3, -0.25) is 4.79 Å². The number of H-pyrrole nitrogens is 1. The molecule has 0 aliphatic carbocycles. The van der Waals surface area contributed by atoms with Crippen LogP contribution < -0.4 is 0 Å². The number of nitrogens with one attached hydrogen (secondary N) is 1. The molecule has 0 bridgehead atoms. The predicted molar refractivity (Wildman–Crippen MR) is 102 cm³/mol. The minimum absolute atomic E-state index is 0.0768. The van der Waals surface area contributed by atoms with Crippen molar-refractivity contribution >= 4 is 17.5 Å². The van der Waals surface area contributed by atoms with Gasteiger partial charge in [-0.2, -0.15) is 0 Å². The molecule has 0 radical (unpaired) electrons. The summed E-state index contributed by atoms with van der Waals surface area (Å²) in [5.74, 6) is 0.435. The SMILES string of the molecule is O=C(CSc1ncc(-c2ccccc2)n1C[C@H]1CCCO1)c1ccc[nH]1. The van der Waals surface area contributed by atoms with E-state index in [2.05, 4.69) is 26.7 Å². The minimum Gasteiger partial charge on any atom is -0.376 e. The van der Waals surface area contributed by atoms with E-state index in [1.807, 2.05) is 30.5 Å². The monoisotopic (exact) mass is 367 g/mol. The van der Waals surface area contributed by atoms with E-state index in [-0.39, 0.29) is 11.9 Å². The van der Waals surface area contributed by atoms with Gasteiger partial charge in [-0.05, 0) is 30.5 Å². The van der Waals surface area contributed by atoms with Crippen LogP contribution >= 0.6 is 11.8 Å². The first-order valence-electron chi connectivity index (χ1n) is 8.83. The van der Waals surface area contributed by atoms with Crippen LogP contribution in [-0.4, -0.2) is 38.8 Å². The lowest BCUT2D eigenvalue weighted by atomic mass is 10.1. The zero-order valence-electron chi connectivity index (χ0n) is 14.4. The van der Waals surface area contributed by atoms with Crippen LogP contribution in [0.2, 0.25) is 0 Å². The third-order valence-electron chi connectivity index (χ3n) is 4.53. The van der Waals surface area contributed by atoms with Crippen LogP contribution in [0.25, 0.3) is 11.3 Å². The molecular formula is C20H21N3O2S. The molecule has 1 saturated heterocycles. The van der Waals surface area contributed by atoms with Gasteiger partial charge in [0.05, 0.1) is 36.0 Å². The highest BCUT2D eigenvalue weighted by Gasteiger charge is 2.21. The molecule has 5 nitrogen and oxygen atoms in total. The molecule has 0 saturated carbocycles. The molecule has 0 unspecified atom stereocenters. The molecule has 1 N–H and O–H groups in total. The van der Waals surface area contributed by atoms with E-state index in [9.17, 15) is 4.79 Å². The van der Waals surface area contributed by atoms with Crippen molar-refractivity contribution in [3.8, 4) is 11.3 Å². The first kappa shape index (κ1) is 17.1. The summed E-state index contributed by atoms with van der Waals surface area (Å²) in [7, 11) is 0. The van der Waals surface area contributed by atoms with Crippen molar-refractivity contribution in [2.75, 3.05) is 12.4 Å². The van der Waals surface area contributed by atoms with Crippen molar-refractivity contribution in [2.24, 2.45) is 0 Å². The van der Waals surface area contributed by atoms with E-state index in [1.165, 1.54) is 11.8 Å². The normalized spacial score (nSPS) is 16.8. The number of aromatic amines is 1. The fourth-order valence-corrected chi connectivity index (χ4v) is 4.06. The molecule has 3 aromatic rings. The maximum absolute atomic E-state index is 12.3. The quantitative estimate of drug-likeness (QED) is 0.506. The summed E-state index contributed by atoms with van der Waals surface area (Å²) < 4.78 is 8.02. The van der Waals surface area contributed by atoms with Gasteiger partial charge in [-0.25, -0.2) is 4.98 Å². The average Bonchev–Trinajstić information content (AvgIpc) is 3.43. The zero-order valence-corrected chi connectivity index (χ0v) is 15.2. The maximum atomic E-state index is 12.3. The second-order valence-corrected chi connectivity index (χ2v) is 7.28. The summed E-state index contributed by atoms with van der Waals surface area (Å²) in [5.41, 5.74) is 2.83. The van der Waals surface area contributed by atoms with E-state index in [0.29, 0.717) is 11.4 Å². The molecule has 1 aliphatic rings. The van der Waals surface area contributed by atoms with Crippen molar-refractivity contribution in [3.05, 3.63) is 60.6 Å². The number of ether oxygens (including phenoxy) is 1. The van der Waals surface area contributed by atoms with Crippen LogP contribution in [0.3, 0.4) is 0 Å². The second kappa shape index (κ2) is 7.93. The van der Waals surface area contributed by atoms with Crippen molar-refractivity contribution in [3.63, 3.8) is 0 Å². The molecule has 26 heavy (non-hydrogen) atoms. The molecule has 2 aromatic heterocycles. The van der Waals surface area contributed by atoms with Crippen molar-refractivity contribution in [1.29, 1.82) is 0 Å². The van der Waals surface area contributed by atoms with E-state index in [1.54, 1.807) is 12.3 Å². The fourth-order valence-electron chi connectivity index (χ4n) is 3.19. The Labute approximate surface area is 156 Å². The highest BCUT2D eigenvalue weighted by atomic mass is 32.2. The summed E-state index contributed by atoms with van der Waals surface area (Å²) in [6.07, 6.45) is 6.05. The molecular weight excluding hydrogens is 346 g/mol. The summed E-state index contributed by atoms with van der Waals surface area (Å²) in [6, 6.07) is 13.9. The first-order chi connectivity index (χ1) is 12.8. The molecule has 0 amide bonds. The molecule has 6 heteroatoms. The summed E-state index contributed by atoms with van der Waals surface area (Å²) in [4.78, 5) is 19.9. The molecule has 1 aliphatic heterocycles. The fraction of sp³-hybridized carbons (Fsp3) is 0.300. The van der Waals surface area contributed by atoms with Crippen LogP contribution in [0.4, 0.5) is 0 Å². The van der Waals surface area contributed by atoms with E-state index >= 15 is 0 Å². The topological polar surface area (TPSA) is 59.9 Å². The highest BCUT2D eigenvalue weighted by molar-refractivity contribution is 7.99. The van der Waals surface area contributed by atoms with Crippen molar-refractivity contribution in [2.45, 2.75) is 30.6 Å². The molecule has 1 aromatic carbocycles. The van der Waals surface area contributed by atoms with Gasteiger partial charge in [-0.15, -0.1) is 0 Å². The van der Waals surface area contributed by atoms with Gasteiger partial charge in [0.2, 0.25) is 0 Å². The number of thioether (sulfide) groups is 1. The Morgan fingerprint density at radius 2 is 2.15 bits per heavy atom. The number of ketones is 1. The summed E-state index contributed by atoms with van der Waals surface area (Å²) >= 11 is 1.48. The number of Topliss-reactive ketones (excluding diaryl/α,β-unsaturated/α-hetero) is 1. The van der Waals surface area contributed by atoms with Crippen LogP contribution in [0.1, 0.15) is 23.3 Å². The minimum atomic E-state index is 0.0768. The van der Waals surface area contributed by atoms with Crippen LogP contribution in [0.5, 0.6) is 0 Å². The Balaban J connectivity index is 1.57. The molecule has 1 fully saturated rings. The Kier molecular flexibility index (Phi) is 5.22. The highest BCUT2D eigenvalue weighted by Crippen LogP contribution is 2.28. The average molecular weight is 367 g/mol. The van der Waals surface area contributed by atoms with E-state index in [0.717, 1.165) is 42.4 Å². The standard InChI is InChI=1S/C20H21N3O2S/c24-19(17-9-4-10-21-17)14-26-20-22-12-18(15-6-2-1-3-7-15)23(20)13-16-8-5-11-25-16/h1-4,6-7,9-10,12,16,21H,5,8,11,13-14H2/t16-/m1/s1. The predicted octanol–water partition coefficient (Wildman–Crippen LogP) is 4.03. The lowest BCUT2D eigenvalue weighted by molar-refractivity contribution is 0.0954. The number of carbonyl (C=O) groups excluding carboxylic acids is 1. The number of rotatable bonds is 7. The number of carbonyl (C=O) groups is 1. The maximum Gasteiger partial charge on any atom is 0.189 e. The third-order valence-corrected chi connectivity index (χ3v) is 5.52. The number of hydrogen-bond acceptors (Lipinski definition) is 4. The van der Waals surface area contributed by atoms with Gasteiger partial charge in [0, 0.05) is 12.8 Å². The smallest absolute Gasteiger partial charge is 0.189 e. The number of hydrogen-bond donors (Lipinski definition) is 1. The number of nitrogens with zero attached hydrogens (tertiary/aromatic N) is 2. The first-order valence-corrected chi connectivity index (χ1v) is 9.82. The molecule has 1 atom stereocenters. The van der Waals surface area contributed by atoms with E-state index in [4.69, 9.17) is 4.74 Å². The molecule has 0 spiro atoms. The van der Waals surface area contributed by atoms with Gasteiger partial charge in [0.25, 0.3) is 0 Å². The van der Waals surface area contributed by atoms with Crippen molar-refractivity contribution in [1.82, 2.24) is 14.5 Å². The van der Waals surface area contributed by atoms with Crippen LogP contribution in [-0.2, 0) is 11.3 Å². The number of benzene rings is 1. The Morgan fingerprint density at radius 1 is 1.27 bits per heavy atom. The van der Waals surface area contributed by atoms with Gasteiger partial charge < -0.3 is 14.3 Å². The van der Waals surface area contributed by atoms with Crippen LogP contribution in [0, 0.1) is 0 Å². The van der Waals surface area contributed by atoms with E-state index < -0.39 is 0 Å². The number of imidazole rings is 1. The van der Waals surface area contributed by atoms with Crippen molar-refractivity contribution < 1.29 is 9.53 Å². The van der Waals surface area contributed by atoms with Gasteiger partial charge in [-0.1, -0.05) is 42.1 Å². The molecule has 3 heterocycles. The number of aromatic nitrogens is 3. The lowest BCUT2D eigenvalue weighted by Gasteiger charge is -2.16. The zero-order chi connectivity index (χ0) is 17.8. The largest absolute Gasteiger partial charge is 0.376 e. The molecule has 134 valence electrons.